The van der Waals surface area contributed by atoms with Crippen molar-refractivity contribution >= 4 is 11.7 Å². The van der Waals surface area contributed by atoms with E-state index >= 15 is 0 Å². The van der Waals surface area contributed by atoms with E-state index in [-0.39, 0.29) is 6.61 Å². The van der Waals surface area contributed by atoms with Crippen molar-refractivity contribution in [2.24, 2.45) is 0 Å². The van der Waals surface area contributed by atoms with E-state index in [1.54, 1.807) is 0 Å². The Hall–Kier alpha value is -2.39. The minimum Gasteiger partial charge on any atom is -0.477 e. The highest BCUT2D eigenvalue weighted by Crippen LogP contribution is 2.19. The number of nitro benzene ring substituents is 1. The number of benzene rings is 1. The molecule has 0 saturated carbocycles. The average molecular weight is 221 g/mol. The normalized spacial score (nSPS) is 9.06. The second-order valence-electron chi connectivity index (χ2n) is 2.75. The van der Waals surface area contributed by atoms with Crippen molar-refractivity contribution in [3.05, 3.63) is 39.4 Å². The fraction of sp³-hybridized carbons (Fsp3) is 0.100. The molecular formula is C10H7NO5. The molecule has 6 nitrogen and oxygen atoms in total. The molecule has 0 atom stereocenters. The van der Waals surface area contributed by atoms with Crippen molar-refractivity contribution in [3.8, 4) is 11.8 Å². The number of aliphatic hydroxyl groups is 1. The Kier molecular flexibility index (Phi) is 3.58. The smallest absolute Gasteiger partial charge is 0.342 e. The summed E-state index contributed by atoms with van der Waals surface area (Å²) in [6.45, 7) is -0.362. The Morgan fingerprint density at radius 3 is 2.69 bits per heavy atom. The molecule has 0 heterocycles. The molecule has 1 rings (SSSR count). The molecule has 0 aromatic heterocycles. The Labute approximate surface area is 90.3 Å². The van der Waals surface area contributed by atoms with Crippen LogP contribution in [0.25, 0.3) is 0 Å². The second-order valence-corrected chi connectivity index (χ2v) is 2.75. The van der Waals surface area contributed by atoms with Gasteiger partial charge in [0, 0.05) is 11.6 Å². The van der Waals surface area contributed by atoms with Crippen molar-refractivity contribution in [3.63, 3.8) is 0 Å². The third-order valence-corrected chi connectivity index (χ3v) is 1.74. The SMILES string of the molecule is O=C(O)c1cc(C#CCO)ccc1[N+](=O)[O-]. The van der Waals surface area contributed by atoms with Gasteiger partial charge in [-0.05, 0) is 12.1 Å². The number of hydrogen-bond acceptors (Lipinski definition) is 4. The van der Waals surface area contributed by atoms with Gasteiger partial charge in [0.25, 0.3) is 5.69 Å². The van der Waals surface area contributed by atoms with Crippen molar-refractivity contribution in [2.75, 3.05) is 6.61 Å². The zero-order valence-electron chi connectivity index (χ0n) is 8.01. The number of nitro groups is 1. The quantitative estimate of drug-likeness (QED) is 0.433. The molecule has 82 valence electrons. The van der Waals surface area contributed by atoms with E-state index in [2.05, 4.69) is 11.8 Å². The van der Waals surface area contributed by atoms with E-state index < -0.39 is 22.1 Å². The van der Waals surface area contributed by atoms with Crippen LogP contribution in [-0.4, -0.2) is 27.7 Å². The first-order chi connectivity index (χ1) is 7.56. The standard InChI is InChI=1S/C10H7NO5/c12-5-1-2-7-3-4-9(11(15)16)8(6-7)10(13)14/h3-4,6,12H,5H2,(H,13,14). The summed E-state index contributed by atoms with van der Waals surface area (Å²) in [6, 6.07) is 3.50. The van der Waals surface area contributed by atoms with Crippen molar-refractivity contribution in [1.82, 2.24) is 0 Å². The van der Waals surface area contributed by atoms with Crippen molar-refractivity contribution < 1.29 is 19.9 Å². The van der Waals surface area contributed by atoms with Gasteiger partial charge in [-0.3, -0.25) is 10.1 Å². The van der Waals surface area contributed by atoms with Crippen LogP contribution in [-0.2, 0) is 0 Å². The van der Waals surface area contributed by atoms with Gasteiger partial charge in [-0.1, -0.05) is 11.8 Å². The average Bonchev–Trinajstić information content (AvgIpc) is 2.25. The van der Waals surface area contributed by atoms with Gasteiger partial charge in [0.05, 0.1) is 4.92 Å². The number of carboxylic acid groups (broad SMARTS) is 1. The second kappa shape index (κ2) is 4.91. The van der Waals surface area contributed by atoms with Gasteiger partial charge in [0.1, 0.15) is 12.2 Å². The van der Waals surface area contributed by atoms with Crippen LogP contribution in [0.3, 0.4) is 0 Å². The van der Waals surface area contributed by atoms with Gasteiger partial charge in [-0.2, -0.15) is 0 Å². The number of carbonyl (C=O) groups is 1. The molecule has 0 spiro atoms. The summed E-state index contributed by atoms with van der Waals surface area (Å²) < 4.78 is 0. The lowest BCUT2D eigenvalue weighted by Gasteiger charge is -1.98. The molecule has 0 amide bonds. The summed E-state index contributed by atoms with van der Waals surface area (Å²) in [6.07, 6.45) is 0. The summed E-state index contributed by atoms with van der Waals surface area (Å²) in [7, 11) is 0. The van der Waals surface area contributed by atoms with Gasteiger partial charge in [0.15, 0.2) is 0 Å². The molecular weight excluding hydrogens is 214 g/mol. The van der Waals surface area contributed by atoms with Crippen LogP contribution in [0.4, 0.5) is 5.69 Å². The van der Waals surface area contributed by atoms with Crippen LogP contribution >= 0.6 is 0 Å². The van der Waals surface area contributed by atoms with E-state index in [0.717, 1.165) is 12.1 Å². The summed E-state index contributed by atoms with van der Waals surface area (Å²) in [5, 5.41) is 27.7. The summed E-state index contributed by atoms with van der Waals surface area (Å²) in [5.74, 6) is 3.40. The van der Waals surface area contributed by atoms with Gasteiger partial charge < -0.3 is 10.2 Å². The van der Waals surface area contributed by atoms with Crippen LogP contribution in [0.1, 0.15) is 15.9 Å². The first-order valence-electron chi connectivity index (χ1n) is 4.17. The summed E-state index contributed by atoms with van der Waals surface area (Å²) >= 11 is 0. The monoisotopic (exact) mass is 221 g/mol. The number of carboxylic acids is 1. The molecule has 0 radical (unpaired) electrons. The lowest BCUT2D eigenvalue weighted by molar-refractivity contribution is -0.385. The van der Waals surface area contributed by atoms with Crippen LogP contribution < -0.4 is 0 Å². The van der Waals surface area contributed by atoms with Gasteiger partial charge in [0.2, 0.25) is 0 Å². The molecule has 0 fully saturated rings. The number of aliphatic hydroxyl groups excluding tert-OH is 1. The first-order valence-corrected chi connectivity index (χ1v) is 4.17. The van der Waals surface area contributed by atoms with Crippen molar-refractivity contribution in [2.45, 2.75) is 0 Å². The molecule has 1 aromatic rings. The minimum atomic E-state index is -1.39. The number of hydrogen-bond donors (Lipinski definition) is 2. The lowest BCUT2D eigenvalue weighted by Crippen LogP contribution is -2.02. The highest BCUT2D eigenvalue weighted by molar-refractivity contribution is 5.92. The first kappa shape index (κ1) is 11.7. The van der Waals surface area contributed by atoms with Gasteiger partial charge in [-0.15, -0.1) is 0 Å². The molecule has 0 aliphatic carbocycles. The Balaban J connectivity index is 3.28. The zero-order valence-corrected chi connectivity index (χ0v) is 8.01. The van der Waals surface area contributed by atoms with Crippen LogP contribution in [0, 0.1) is 22.0 Å². The summed E-state index contributed by atoms with van der Waals surface area (Å²) in [5.41, 5.74) is -0.603. The summed E-state index contributed by atoms with van der Waals surface area (Å²) in [4.78, 5) is 20.5. The maximum Gasteiger partial charge on any atom is 0.342 e. The van der Waals surface area contributed by atoms with E-state index in [0.29, 0.717) is 5.56 Å². The topological polar surface area (TPSA) is 101 Å². The van der Waals surface area contributed by atoms with E-state index in [1.807, 2.05) is 0 Å². The molecule has 2 N–H and O–H groups in total. The minimum absolute atomic E-state index is 0.303. The molecule has 0 aliphatic rings. The Bertz CT molecular complexity index is 498. The predicted octanol–water partition coefficient (Wildman–Crippen LogP) is 0.637. The van der Waals surface area contributed by atoms with E-state index in [1.165, 1.54) is 6.07 Å². The molecule has 0 saturated heterocycles. The Morgan fingerprint density at radius 1 is 1.50 bits per heavy atom. The third-order valence-electron chi connectivity index (χ3n) is 1.74. The number of nitrogens with zero attached hydrogens (tertiary/aromatic N) is 1. The molecule has 0 unspecified atom stereocenters. The van der Waals surface area contributed by atoms with Crippen molar-refractivity contribution in [1.29, 1.82) is 0 Å². The largest absolute Gasteiger partial charge is 0.477 e. The zero-order chi connectivity index (χ0) is 12.1. The maximum atomic E-state index is 10.8. The molecule has 0 aliphatic heterocycles. The predicted molar refractivity (Wildman–Crippen MR) is 54.0 cm³/mol. The number of aromatic carboxylic acids is 1. The fourth-order valence-corrected chi connectivity index (χ4v) is 1.09. The fourth-order valence-electron chi connectivity index (χ4n) is 1.09. The lowest BCUT2D eigenvalue weighted by atomic mass is 10.1. The maximum absolute atomic E-state index is 10.8. The molecule has 6 heteroatoms. The highest BCUT2D eigenvalue weighted by Gasteiger charge is 2.19. The van der Waals surface area contributed by atoms with Gasteiger partial charge >= 0.3 is 5.97 Å². The molecule has 16 heavy (non-hydrogen) atoms. The van der Waals surface area contributed by atoms with E-state index in [4.69, 9.17) is 10.2 Å². The van der Waals surface area contributed by atoms with Gasteiger partial charge in [-0.25, -0.2) is 4.79 Å². The molecule has 1 aromatic carbocycles. The number of rotatable bonds is 2. The highest BCUT2D eigenvalue weighted by atomic mass is 16.6. The van der Waals surface area contributed by atoms with Crippen LogP contribution in [0.2, 0.25) is 0 Å². The van der Waals surface area contributed by atoms with Crippen LogP contribution in [0.15, 0.2) is 18.2 Å². The third kappa shape index (κ3) is 2.56. The van der Waals surface area contributed by atoms with E-state index in [9.17, 15) is 14.9 Å². The Morgan fingerprint density at radius 2 is 2.19 bits per heavy atom. The molecule has 0 bridgehead atoms. The van der Waals surface area contributed by atoms with Crippen LogP contribution in [0.5, 0.6) is 0 Å².